The zero-order valence-corrected chi connectivity index (χ0v) is 9.98. The third kappa shape index (κ3) is 2.87. The third-order valence-electron chi connectivity index (χ3n) is 2.71. The van der Waals surface area contributed by atoms with Crippen LogP contribution in [0.25, 0.3) is 6.08 Å². The molecule has 2 rings (SSSR count). The van der Waals surface area contributed by atoms with Crippen LogP contribution in [-0.4, -0.2) is 12.6 Å². The molecule has 1 aliphatic heterocycles. The van der Waals surface area contributed by atoms with Crippen LogP contribution in [0.3, 0.4) is 0 Å². The monoisotopic (exact) mass is 230 g/mol. The number of rotatable bonds is 4. The van der Waals surface area contributed by atoms with Gasteiger partial charge in [-0.3, -0.25) is 5.32 Å². The van der Waals surface area contributed by atoms with Crippen molar-refractivity contribution in [2.75, 3.05) is 6.61 Å². The van der Waals surface area contributed by atoms with Gasteiger partial charge in [0.15, 0.2) is 0 Å². The van der Waals surface area contributed by atoms with Crippen LogP contribution >= 0.6 is 0 Å². The number of esters is 1. The molecule has 1 aromatic carbocycles. The average Bonchev–Trinajstić information content (AvgIpc) is 2.38. The van der Waals surface area contributed by atoms with Crippen molar-refractivity contribution in [3.8, 4) is 0 Å². The van der Waals surface area contributed by atoms with E-state index < -0.39 is 0 Å². The van der Waals surface area contributed by atoms with Gasteiger partial charge in [0, 0.05) is 0 Å². The maximum Gasteiger partial charge on any atom is 0.356 e. The Hall–Kier alpha value is -1.77. The van der Waals surface area contributed by atoms with E-state index in [2.05, 4.69) is 12.2 Å². The van der Waals surface area contributed by atoms with Gasteiger partial charge < -0.3 is 4.74 Å². The number of unbranched alkanes of at least 4 members (excludes halogenated alkanes) is 1. The Labute approximate surface area is 101 Å². The van der Waals surface area contributed by atoms with Crippen LogP contribution in [0, 0.1) is 0 Å². The van der Waals surface area contributed by atoms with Crippen molar-refractivity contribution in [1.82, 2.24) is 5.32 Å². The highest BCUT2D eigenvalue weighted by molar-refractivity contribution is 5.93. The first kappa shape index (κ1) is 11.7. The molecular formula is C14H16NO2. The zero-order valence-electron chi connectivity index (χ0n) is 9.98. The molecular weight excluding hydrogens is 214 g/mol. The minimum atomic E-state index is -0.312. The Morgan fingerprint density at radius 3 is 3.06 bits per heavy atom. The molecule has 1 radical (unpaired) electrons. The van der Waals surface area contributed by atoms with Crippen LogP contribution in [0.15, 0.2) is 30.0 Å². The first-order valence-electron chi connectivity index (χ1n) is 5.95. The first-order chi connectivity index (χ1) is 8.31. The summed E-state index contributed by atoms with van der Waals surface area (Å²) >= 11 is 0. The molecule has 0 aromatic heterocycles. The van der Waals surface area contributed by atoms with Gasteiger partial charge in [0.25, 0.3) is 0 Å². The molecule has 89 valence electrons. The number of fused-ring (bicyclic) bond motifs is 1. The quantitative estimate of drug-likeness (QED) is 0.589. The number of benzene rings is 1. The third-order valence-corrected chi connectivity index (χ3v) is 2.71. The van der Waals surface area contributed by atoms with Crippen LogP contribution in [-0.2, 0) is 16.1 Å². The standard InChI is InChI=1S/C14H16NO2/c1-2-3-8-17-14(16)13-9-11-6-4-5-7-12(11)10-15-13/h4-7,9H,2-3,8,10H2,1H3. The SMILES string of the molecule is CCCCOC(=O)C1=Cc2ccccc2C[N]1. The number of hydrogen-bond acceptors (Lipinski definition) is 2. The van der Waals surface area contributed by atoms with Crippen molar-refractivity contribution in [3.63, 3.8) is 0 Å². The minimum absolute atomic E-state index is 0.312. The summed E-state index contributed by atoms with van der Waals surface area (Å²) in [5.41, 5.74) is 2.64. The van der Waals surface area contributed by atoms with E-state index >= 15 is 0 Å². The van der Waals surface area contributed by atoms with Gasteiger partial charge in [0.05, 0.1) is 13.2 Å². The highest BCUT2D eigenvalue weighted by Gasteiger charge is 2.17. The zero-order chi connectivity index (χ0) is 12.1. The predicted molar refractivity (Wildman–Crippen MR) is 66.1 cm³/mol. The molecule has 0 saturated carbocycles. The van der Waals surface area contributed by atoms with Gasteiger partial charge in [0.1, 0.15) is 5.70 Å². The summed E-state index contributed by atoms with van der Waals surface area (Å²) in [6, 6.07) is 7.95. The second-order valence-corrected chi connectivity index (χ2v) is 4.03. The average molecular weight is 230 g/mol. The summed E-state index contributed by atoms with van der Waals surface area (Å²) in [5, 5.41) is 4.24. The van der Waals surface area contributed by atoms with Crippen molar-refractivity contribution in [2.45, 2.75) is 26.3 Å². The van der Waals surface area contributed by atoms with E-state index in [4.69, 9.17) is 4.74 Å². The molecule has 0 atom stereocenters. The number of nitrogens with zero attached hydrogens (tertiary/aromatic N) is 1. The molecule has 0 bridgehead atoms. The molecule has 0 aliphatic carbocycles. The summed E-state index contributed by atoms with van der Waals surface area (Å²) < 4.78 is 5.14. The van der Waals surface area contributed by atoms with Gasteiger partial charge in [-0.05, 0) is 23.6 Å². The van der Waals surface area contributed by atoms with Gasteiger partial charge in [-0.25, -0.2) is 4.79 Å². The Morgan fingerprint density at radius 2 is 2.24 bits per heavy atom. The number of carbonyl (C=O) groups excluding carboxylic acids is 1. The molecule has 0 spiro atoms. The Bertz CT molecular complexity index is 438. The molecule has 0 amide bonds. The van der Waals surface area contributed by atoms with Gasteiger partial charge in [0.2, 0.25) is 0 Å². The molecule has 1 aromatic rings. The van der Waals surface area contributed by atoms with E-state index in [1.165, 1.54) is 0 Å². The topological polar surface area (TPSA) is 40.4 Å². The molecule has 17 heavy (non-hydrogen) atoms. The molecule has 3 heteroatoms. The summed E-state index contributed by atoms with van der Waals surface area (Å²) in [6.45, 7) is 3.10. The normalized spacial score (nSPS) is 13.4. The second-order valence-electron chi connectivity index (χ2n) is 4.03. The van der Waals surface area contributed by atoms with E-state index in [0.717, 1.165) is 24.0 Å². The predicted octanol–water partition coefficient (Wildman–Crippen LogP) is 2.49. The fourth-order valence-corrected chi connectivity index (χ4v) is 1.69. The molecule has 0 fully saturated rings. The van der Waals surface area contributed by atoms with Crippen molar-refractivity contribution >= 4 is 12.0 Å². The van der Waals surface area contributed by atoms with Crippen molar-refractivity contribution in [1.29, 1.82) is 0 Å². The van der Waals surface area contributed by atoms with Crippen LogP contribution < -0.4 is 5.32 Å². The lowest BCUT2D eigenvalue weighted by Crippen LogP contribution is -2.20. The van der Waals surface area contributed by atoms with Crippen LogP contribution in [0.4, 0.5) is 0 Å². The van der Waals surface area contributed by atoms with Crippen molar-refractivity contribution < 1.29 is 9.53 Å². The molecule has 0 unspecified atom stereocenters. The van der Waals surface area contributed by atoms with Gasteiger partial charge in [-0.15, -0.1) is 0 Å². The number of hydrogen-bond donors (Lipinski definition) is 0. The van der Waals surface area contributed by atoms with E-state index in [9.17, 15) is 4.79 Å². The molecule has 1 aliphatic rings. The van der Waals surface area contributed by atoms with E-state index in [1.54, 1.807) is 6.08 Å². The summed E-state index contributed by atoms with van der Waals surface area (Å²) in [5.74, 6) is -0.312. The lowest BCUT2D eigenvalue weighted by Gasteiger charge is -2.15. The van der Waals surface area contributed by atoms with Crippen molar-refractivity contribution in [2.24, 2.45) is 0 Å². The lowest BCUT2D eigenvalue weighted by molar-refractivity contribution is -0.139. The number of ether oxygens (including phenoxy) is 1. The molecule has 1 heterocycles. The maximum absolute atomic E-state index is 11.7. The molecule has 0 N–H and O–H groups in total. The smallest absolute Gasteiger partial charge is 0.356 e. The summed E-state index contributed by atoms with van der Waals surface area (Å²) in [7, 11) is 0. The van der Waals surface area contributed by atoms with E-state index in [1.807, 2.05) is 24.3 Å². The van der Waals surface area contributed by atoms with Crippen LogP contribution in [0.5, 0.6) is 0 Å². The Morgan fingerprint density at radius 1 is 1.41 bits per heavy atom. The number of carbonyl (C=O) groups is 1. The van der Waals surface area contributed by atoms with Gasteiger partial charge in [-0.2, -0.15) is 0 Å². The highest BCUT2D eigenvalue weighted by Crippen LogP contribution is 2.19. The largest absolute Gasteiger partial charge is 0.461 e. The second kappa shape index (κ2) is 5.53. The van der Waals surface area contributed by atoms with Gasteiger partial charge in [-0.1, -0.05) is 37.6 Å². The van der Waals surface area contributed by atoms with Crippen LogP contribution in [0.2, 0.25) is 0 Å². The fourth-order valence-electron chi connectivity index (χ4n) is 1.69. The molecule has 0 saturated heterocycles. The van der Waals surface area contributed by atoms with Crippen LogP contribution in [0.1, 0.15) is 30.9 Å². The minimum Gasteiger partial charge on any atom is -0.461 e. The molecule has 3 nitrogen and oxygen atoms in total. The fraction of sp³-hybridized carbons (Fsp3) is 0.357. The highest BCUT2D eigenvalue weighted by atomic mass is 16.5. The lowest BCUT2D eigenvalue weighted by atomic mass is 10.0. The summed E-state index contributed by atoms with van der Waals surface area (Å²) in [4.78, 5) is 11.7. The Balaban J connectivity index is 2.04. The Kier molecular flexibility index (Phi) is 3.81. The van der Waals surface area contributed by atoms with Gasteiger partial charge >= 0.3 is 5.97 Å². The first-order valence-corrected chi connectivity index (χ1v) is 5.95. The van der Waals surface area contributed by atoms with E-state index in [-0.39, 0.29) is 5.97 Å². The maximum atomic E-state index is 11.7. The van der Waals surface area contributed by atoms with E-state index in [0.29, 0.717) is 18.8 Å². The summed E-state index contributed by atoms with van der Waals surface area (Å²) in [6.07, 6.45) is 3.72. The van der Waals surface area contributed by atoms with Crippen molar-refractivity contribution in [3.05, 3.63) is 41.1 Å².